The average Bonchev–Trinajstić information content (AvgIpc) is 3.02. The topological polar surface area (TPSA) is 43.8 Å². The molecule has 4 nitrogen and oxygen atoms in total. The Labute approximate surface area is 241 Å². The molecule has 0 aromatic heterocycles. The fraction of sp³-hybridized carbons (Fsp3) is 0.286. The van der Waals surface area contributed by atoms with Crippen LogP contribution in [-0.4, -0.2) is 24.1 Å². The number of carbonyl (C=O) groups is 1. The number of carbonyl (C=O) groups excluding carboxylic acids is 1. The van der Waals surface area contributed by atoms with Gasteiger partial charge in [0, 0.05) is 35.9 Å². The highest BCUT2D eigenvalue weighted by Gasteiger charge is 2.41. The van der Waals surface area contributed by atoms with Gasteiger partial charge in [-0.3, -0.25) is 4.79 Å². The molecule has 2 unspecified atom stereocenters. The summed E-state index contributed by atoms with van der Waals surface area (Å²) in [5, 5.41) is 13.0. The van der Waals surface area contributed by atoms with E-state index < -0.39 is 5.60 Å². The molecule has 0 aliphatic carbocycles. The van der Waals surface area contributed by atoms with Crippen LogP contribution in [0.2, 0.25) is 5.02 Å². The molecule has 0 radical (unpaired) electrons. The molecule has 40 heavy (non-hydrogen) atoms. The summed E-state index contributed by atoms with van der Waals surface area (Å²) in [6.45, 7) is 1.65. The van der Waals surface area contributed by atoms with Crippen molar-refractivity contribution < 1.29 is 9.90 Å². The fourth-order valence-electron chi connectivity index (χ4n) is 6.61. The number of hydrogen-bond donors (Lipinski definition) is 1. The van der Waals surface area contributed by atoms with Gasteiger partial charge in [-0.05, 0) is 78.6 Å². The molecule has 4 aromatic rings. The normalized spacial score (nSPS) is 19.9. The van der Waals surface area contributed by atoms with Crippen molar-refractivity contribution in [2.24, 2.45) is 5.92 Å². The zero-order valence-corrected chi connectivity index (χ0v) is 23.4. The van der Waals surface area contributed by atoms with Crippen molar-refractivity contribution in [3.63, 3.8) is 0 Å². The summed E-state index contributed by atoms with van der Waals surface area (Å²) in [7, 11) is 0. The summed E-state index contributed by atoms with van der Waals surface area (Å²) in [5.74, 6) is 0.244. The first-order chi connectivity index (χ1) is 19.5. The number of rotatable bonds is 6. The van der Waals surface area contributed by atoms with E-state index in [4.69, 9.17) is 11.6 Å². The Bertz CT molecular complexity index is 1440. The van der Waals surface area contributed by atoms with Crippen molar-refractivity contribution in [3.05, 3.63) is 131 Å². The summed E-state index contributed by atoms with van der Waals surface area (Å²) in [4.78, 5) is 17.6. The molecule has 2 aliphatic rings. The Kier molecular flexibility index (Phi) is 7.64. The maximum Gasteiger partial charge on any atom is 0.227 e. The van der Waals surface area contributed by atoms with Crippen LogP contribution in [0, 0.1) is 5.92 Å². The quantitative estimate of drug-likeness (QED) is 0.267. The van der Waals surface area contributed by atoms with Crippen molar-refractivity contribution in [3.8, 4) is 0 Å². The molecule has 204 valence electrons. The molecule has 1 N–H and O–H groups in total. The van der Waals surface area contributed by atoms with Crippen LogP contribution >= 0.6 is 11.6 Å². The maximum absolute atomic E-state index is 13.2. The van der Waals surface area contributed by atoms with Gasteiger partial charge in [-0.15, -0.1) is 0 Å². The Morgan fingerprint density at radius 1 is 0.725 bits per heavy atom. The fourth-order valence-corrected chi connectivity index (χ4v) is 6.74. The van der Waals surface area contributed by atoms with Crippen LogP contribution in [0.4, 0.5) is 11.4 Å². The van der Waals surface area contributed by atoms with E-state index in [1.165, 1.54) is 5.56 Å². The van der Waals surface area contributed by atoms with Crippen LogP contribution in [0.15, 0.2) is 109 Å². The van der Waals surface area contributed by atoms with E-state index in [1.54, 1.807) is 0 Å². The summed E-state index contributed by atoms with van der Waals surface area (Å²) in [5.41, 5.74) is 3.95. The van der Waals surface area contributed by atoms with Crippen molar-refractivity contribution in [2.75, 3.05) is 22.9 Å². The lowest BCUT2D eigenvalue weighted by Crippen LogP contribution is -2.44. The molecule has 2 atom stereocenters. The monoisotopic (exact) mass is 550 g/mol. The van der Waals surface area contributed by atoms with Crippen LogP contribution in [0.25, 0.3) is 0 Å². The van der Waals surface area contributed by atoms with Gasteiger partial charge in [-0.1, -0.05) is 90.5 Å². The van der Waals surface area contributed by atoms with E-state index in [0.717, 1.165) is 61.3 Å². The molecule has 0 spiro atoms. The van der Waals surface area contributed by atoms with Gasteiger partial charge in [0.1, 0.15) is 5.60 Å². The second-order valence-corrected chi connectivity index (χ2v) is 11.4. The van der Waals surface area contributed by atoms with Crippen molar-refractivity contribution >= 4 is 28.9 Å². The minimum absolute atomic E-state index is 0.0571. The van der Waals surface area contributed by atoms with Crippen molar-refractivity contribution in [2.45, 2.75) is 43.7 Å². The van der Waals surface area contributed by atoms with Gasteiger partial charge in [-0.2, -0.15) is 0 Å². The predicted molar refractivity (Wildman–Crippen MR) is 163 cm³/mol. The number of hydrogen-bond acceptors (Lipinski definition) is 3. The third kappa shape index (κ3) is 5.14. The van der Waals surface area contributed by atoms with E-state index in [2.05, 4.69) is 41.3 Å². The second-order valence-electron chi connectivity index (χ2n) is 11.0. The number of nitrogens with zero attached hydrogens (tertiary/aromatic N) is 2. The van der Waals surface area contributed by atoms with E-state index in [9.17, 15) is 9.90 Å². The van der Waals surface area contributed by atoms with Gasteiger partial charge in [0.2, 0.25) is 5.91 Å². The minimum atomic E-state index is -1.09. The number of aliphatic hydroxyl groups is 1. The molecular weight excluding hydrogens is 516 g/mol. The molecule has 2 heterocycles. The number of benzene rings is 4. The van der Waals surface area contributed by atoms with Gasteiger partial charge in [-0.25, -0.2) is 0 Å². The van der Waals surface area contributed by atoms with Crippen LogP contribution in [-0.2, 0) is 10.4 Å². The van der Waals surface area contributed by atoms with Gasteiger partial charge in [0.25, 0.3) is 0 Å². The van der Waals surface area contributed by atoms with Gasteiger partial charge in [0.15, 0.2) is 0 Å². The lowest BCUT2D eigenvalue weighted by molar-refractivity contribution is -0.120. The Balaban J connectivity index is 1.24. The van der Waals surface area contributed by atoms with E-state index in [0.29, 0.717) is 11.4 Å². The highest BCUT2D eigenvalue weighted by atomic mass is 35.5. The molecular formula is C35H35ClN2O2. The maximum atomic E-state index is 13.2. The molecule has 0 saturated carbocycles. The molecule has 0 bridgehead atoms. The first-order valence-electron chi connectivity index (χ1n) is 14.3. The summed E-state index contributed by atoms with van der Waals surface area (Å²) >= 11 is 6.19. The van der Waals surface area contributed by atoms with Gasteiger partial charge >= 0.3 is 0 Å². The van der Waals surface area contributed by atoms with Crippen LogP contribution in [0.3, 0.4) is 0 Å². The van der Waals surface area contributed by atoms with Crippen molar-refractivity contribution in [1.82, 2.24) is 0 Å². The molecule has 4 aromatic carbocycles. The number of anilines is 2. The Morgan fingerprint density at radius 2 is 1.35 bits per heavy atom. The van der Waals surface area contributed by atoms with Gasteiger partial charge in [0.05, 0.1) is 6.04 Å². The number of amides is 1. The number of piperidine rings is 2. The first kappa shape index (κ1) is 26.6. The predicted octanol–water partition coefficient (Wildman–Crippen LogP) is 7.75. The highest BCUT2D eigenvalue weighted by molar-refractivity contribution is 6.30. The third-order valence-corrected chi connectivity index (χ3v) is 8.94. The highest BCUT2D eigenvalue weighted by Crippen LogP contribution is 2.43. The lowest BCUT2D eigenvalue weighted by atomic mass is 9.72. The van der Waals surface area contributed by atoms with Crippen LogP contribution in [0.1, 0.15) is 54.8 Å². The first-order valence-corrected chi connectivity index (χ1v) is 14.7. The SMILES string of the molecule is O=C1CCCC(c2ccccc2)N1c1cccc(N2CCC(C(O)(c3ccccc3)c3ccc(Cl)cc3)CC2)c1. The molecule has 2 saturated heterocycles. The molecule has 1 amide bonds. The van der Waals surface area contributed by atoms with Crippen LogP contribution < -0.4 is 9.80 Å². The molecule has 2 fully saturated rings. The van der Waals surface area contributed by atoms with Crippen molar-refractivity contribution in [1.29, 1.82) is 0 Å². The Hall–Kier alpha value is -3.60. The van der Waals surface area contributed by atoms with E-state index in [1.807, 2.05) is 77.7 Å². The zero-order chi connectivity index (χ0) is 27.5. The third-order valence-electron chi connectivity index (χ3n) is 8.69. The van der Waals surface area contributed by atoms with Crippen LogP contribution in [0.5, 0.6) is 0 Å². The average molecular weight is 551 g/mol. The van der Waals surface area contributed by atoms with E-state index >= 15 is 0 Å². The standard InChI is InChI=1S/C35H35ClN2O2/c36-30-19-17-28(18-20-30)35(40,27-11-5-2-6-12-27)29-21-23-37(24-22-29)31-13-7-14-32(25-31)38-33(15-8-16-34(38)39)26-9-3-1-4-10-26/h1-7,9-14,17-20,25,29,33,40H,8,15-16,21-24H2. The lowest BCUT2D eigenvalue weighted by Gasteiger charge is -2.43. The molecule has 6 rings (SSSR count). The Morgan fingerprint density at radius 3 is 2.05 bits per heavy atom. The van der Waals surface area contributed by atoms with E-state index in [-0.39, 0.29) is 17.9 Å². The summed E-state index contributed by atoms with van der Waals surface area (Å²) in [6.07, 6.45) is 4.15. The molecule has 5 heteroatoms. The minimum Gasteiger partial charge on any atom is -0.380 e. The summed E-state index contributed by atoms with van der Waals surface area (Å²) < 4.78 is 0. The van der Waals surface area contributed by atoms with Gasteiger partial charge < -0.3 is 14.9 Å². The number of halogens is 1. The second kappa shape index (κ2) is 11.5. The smallest absolute Gasteiger partial charge is 0.227 e. The summed E-state index contributed by atoms with van der Waals surface area (Å²) in [6, 6.07) is 36.5. The molecule has 2 aliphatic heterocycles. The largest absolute Gasteiger partial charge is 0.380 e. The zero-order valence-electron chi connectivity index (χ0n) is 22.6.